The number of hydrogen-bond acceptors (Lipinski definition) is 2. The zero-order valence-electron chi connectivity index (χ0n) is 11.8. The number of ether oxygens (including phenoxy) is 1. The summed E-state index contributed by atoms with van der Waals surface area (Å²) in [5.41, 5.74) is 7.20. The monoisotopic (exact) mass is 249 g/mol. The van der Waals surface area contributed by atoms with E-state index in [9.17, 15) is 0 Å². The van der Waals surface area contributed by atoms with Crippen LogP contribution in [0.2, 0.25) is 0 Å². The van der Waals surface area contributed by atoms with Gasteiger partial charge in [0.1, 0.15) is 0 Å². The predicted octanol–water partition coefficient (Wildman–Crippen LogP) is 3.26. The van der Waals surface area contributed by atoms with Crippen LogP contribution in [-0.4, -0.2) is 19.8 Å². The van der Waals surface area contributed by atoms with Crippen LogP contribution < -0.4 is 5.73 Å². The Bertz CT molecular complexity index is 297. The summed E-state index contributed by atoms with van der Waals surface area (Å²) in [6.45, 7) is 6.90. The molecule has 0 spiro atoms. The van der Waals surface area contributed by atoms with Gasteiger partial charge >= 0.3 is 0 Å². The minimum Gasteiger partial charge on any atom is -0.381 e. The van der Waals surface area contributed by atoms with E-state index in [0.29, 0.717) is 5.92 Å². The Hall–Kier alpha value is -0.860. The maximum Gasteiger partial charge on any atom is 0.0469 e. The molecule has 0 bridgehead atoms. The van der Waals surface area contributed by atoms with Crippen LogP contribution in [0.4, 0.5) is 0 Å². The van der Waals surface area contributed by atoms with E-state index in [1.807, 2.05) is 0 Å². The van der Waals surface area contributed by atoms with Gasteiger partial charge in [-0.25, -0.2) is 0 Å². The Morgan fingerprint density at radius 2 is 1.72 bits per heavy atom. The molecular weight excluding hydrogens is 222 g/mol. The van der Waals surface area contributed by atoms with Crippen LogP contribution >= 0.6 is 0 Å². The fraction of sp³-hybridized carbons (Fsp3) is 0.625. The van der Waals surface area contributed by atoms with Crippen molar-refractivity contribution in [3.8, 4) is 0 Å². The average Bonchev–Trinajstić information content (AvgIpc) is 2.38. The third-order valence-corrected chi connectivity index (χ3v) is 3.21. The summed E-state index contributed by atoms with van der Waals surface area (Å²) in [7, 11) is 0. The summed E-state index contributed by atoms with van der Waals surface area (Å²) in [6, 6.07) is 10.6. The maximum absolute atomic E-state index is 5.83. The van der Waals surface area contributed by atoms with Gasteiger partial charge in [0, 0.05) is 13.2 Å². The second-order valence-corrected chi connectivity index (χ2v) is 5.38. The highest BCUT2D eigenvalue weighted by atomic mass is 16.5. The second kappa shape index (κ2) is 9.12. The van der Waals surface area contributed by atoms with Gasteiger partial charge in [0.15, 0.2) is 0 Å². The summed E-state index contributed by atoms with van der Waals surface area (Å²) in [6.07, 6.45) is 3.26. The summed E-state index contributed by atoms with van der Waals surface area (Å²) in [5.74, 6) is 1.26. The van der Waals surface area contributed by atoms with Crippen molar-refractivity contribution < 1.29 is 4.74 Å². The van der Waals surface area contributed by atoms with Gasteiger partial charge in [-0.15, -0.1) is 0 Å². The molecule has 2 N–H and O–H groups in total. The minimum atomic E-state index is 0.534. The molecule has 1 aromatic rings. The molecular formula is C16H27NO. The summed E-state index contributed by atoms with van der Waals surface area (Å²) >= 11 is 0. The van der Waals surface area contributed by atoms with Crippen LogP contribution in [0.3, 0.4) is 0 Å². The molecule has 0 aromatic heterocycles. The van der Waals surface area contributed by atoms with Crippen LogP contribution in [0, 0.1) is 11.8 Å². The third-order valence-electron chi connectivity index (χ3n) is 3.21. The molecule has 0 saturated carbocycles. The molecule has 2 heteroatoms. The standard InChI is InChI=1S/C16H27NO/c1-14(2)8-10-18-11-9-16(13-17)12-15-6-4-3-5-7-15/h3-7,14,16H,8-13,17H2,1-2H3. The lowest BCUT2D eigenvalue weighted by Crippen LogP contribution is -2.19. The molecule has 0 amide bonds. The van der Waals surface area contributed by atoms with E-state index in [-0.39, 0.29) is 0 Å². The predicted molar refractivity (Wildman–Crippen MR) is 77.6 cm³/mol. The number of rotatable bonds is 9. The maximum atomic E-state index is 5.83. The first-order chi connectivity index (χ1) is 8.72. The van der Waals surface area contributed by atoms with Crippen LogP contribution in [0.25, 0.3) is 0 Å². The quantitative estimate of drug-likeness (QED) is 0.682. The minimum absolute atomic E-state index is 0.534. The van der Waals surface area contributed by atoms with Gasteiger partial charge in [-0.05, 0) is 43.2 Å². The molecule has 2 nitrogen and oxygen atoms in total. The van der Waals surface area contributed by atoms with Crippen LogP contribution in [0.1, 0.15) is 32.3 Å². The molecule has 0 radical (unpaired) electrons. The van der Waals surface area contributed by atoms with Crippen molar-refractivity contribution in [2.45, 2.75) is 33.1 Å². The van der Waals surface area contributed by atoms with Gasteiger partial charge in [0.2, 0.25) is 0 Å². The number of hydrogen-bond donors (Lipinski definition) is 1. The normalized spacial score (nSPS) is 12.9. The molecule has 0 heterocycles. The van der Waals surface area contributed by atoms with Gasteiger partial charge in [-0.3, -0.25) is 0 Å². The summed E-state index contributed by atoms with van der Waals surface area (Å²) in [5, 5.41) is 0. The van der Waals surface area contributed by atoms with Crippen molar-refractivity contribution in [1.29, 1.82) is 0 Å². The highest BCUT2D eigenvalue weighted by Crippen LogP contribution is 2.11. The topological polar surface area (TPSA) is 35.2 Å². The Kier molecular flexibility index (Phi) is 7.70. The molecule has 1 rings (SSSR count). The van der Waals surface area contributed by atoms with E-state index >= 15 is 0 Å². The lowest BCUT2D eigenvalue weighted by Gasteiger charge is -2.15. The van der Waals surface area contributed by atoms with E-state index in [1.54, 1.807) is 0 Å². The van der Waals surface area contributed by atoms with E-state index in [1.165, 1.54) is 5.56 Å². The molecule has 0 saturated heterocycles. The zero-order valence-corrected chi connectivity index (χ0v) is 11.8. The third kappa shape index (κ3) is 6.77. The molecule has 0 aliphatic rings. The molecule has 1 aromatic carbocycles. The molecule has 1 unspecified atom stereocenters. The van der Waals surface area contributed by atoms with Crippen molar-refractivity contribution in [3.05, 3.63) is 35.9 Å². The lowest BCUT2D eigenvalue weighted by atomic mass is 9.97. The molecule has 0 fully saturated rings. The zero-order chi connectivity index (χ0) is 13.2. The number of benzene rings is 1. The van der Waals surface area contributed by atoms with E-state index in [4.69, 9.17) is 10.5 Å². The SMILES string of the molecule is CC(C)CCOCCC(CN)Cc1ccccc1. The Labute approximate surface area is 112 Å². The Morgan fingerprint density at radius 1 is 1.06 bits per heavy atom. The molecule has 102 valence electrons. The molecule has 1 atom stereocenters. The van der Waals surface area contributed by atoms with Gasteiger partial charge in [0.25, 0.3) is 0 Å². The van der Waals surface area contributed by atoms with Gasteiger partial charge in [-0.2, -0.15) is 0 Å². The lowest BCUT2D eigenvalue weighted by molar-refractivity contribution is 0.111. The Balaban J connectivity index is 2.18. The van der Waals surface area contributed by atoms with Crippen molar-refractivity contribution in [2.24, 2.45) is 17.6 Å². The molecule has 0 aliphatic heterocycles. The van der Waals surface area contributed by atoms with E-state index in [2.05, 4.69) is 44.2 Å². The smallest absolute Gasteiger partial charge is 0.0469 e. The average molecular weight is 249 g/mol. The van der Waals surface area contributed by atoms with Crippen LogP contribution in [-0.2, 0) is 11.2 Å². The van der Waals surface area contributed by atoms with Crippen molar-refractivity contribution in [1.82, 2.24) is 0 Å². The van der Waals surface area contributed by atoms with E-state index in [0.717, 1.165) is 44.9 Å². The van der Waals surface area contributed by atoms with Crippen molar-refractivity contribution in [3.63, 3.8) is 0 Å². The fourth-order valence-electron chi connectivity index (χ4n) is 1.92. The first kappa shape index (κ1) is 15.2. The summed E-state index contributed by atoms with van der Waals surface area (Å²) < 4.78 is 5.66. The van der Waals surface area contributed by atoms with Gasteiger partial charge in [0.05, 0.1) is 0 Å². The first-order valence-corrected chi connectivity index (χ1v) is 7.04. The second-order valence-electron chi connectivity index (χ2n) is 5.38. The largest absolute Gasteiger partial charge is 0.381 e. The van der Waals surface area contributed by atoms with Crippen LogP contribution in [0.15, 0.2) is 30.3 Å². The summed E-state index contributed by atoms with van der Waals surface area (Å²) in [4.78, 5) is 0. The van der Waals surface area contributed by atoms with Gasteiger partial charge < -0.3 is 10.5 Å². The first-order valence-electron chi connectivity index (χ1n) is 7.04. The highest BCUT2D eigenvalue weighted by Gasteiger charge is 2.07. The van der Waals surface area contributed by atoms with E-state index < -0.39 is 0 Å². The van der Waals surface area contributed by atoms with Gasteiger partial charge in [-0.1, -0.05) is 44.2 Å². The molecule has 0 aliphatic carbocycles. The van der Waals surface area contributed by atoms with Crippen molar-refractivity contribution >= 4 is 0 Å². The molecule has 18 heavy (non-hydrogen) atoms. The van der Waals surface area contributed by atoms with Crippen molar-refractivity contribution in [2.75, 3.05) is 19.8 Å². The Morgan fingerprint density at radius 3 is 2.33 bits per heavy atom. The van der Waals surface area contributed by atoms with Crippen LogP contribution in [0.5, 0.6) is 0 Å². The highest BCUT2D eigenvalue weighted by molar-refractivity contribution is 5.15. The fourth-order valence-corrected chi connectivity index (χ4v) is 1.92. The number of nitrogens with two attached hydrogens (primary N) is 1.